The van der Waals surface area contributed by atoms with Crippen LogP contribution in [0.2, 0.25) is 5.02 Å². The number of halogens is 5. The number of aromatic nitrogens is 3. The molecule has 0 amide bonds. The van der Waals surface area contributed by atoms with Gasteiger partial charge >= 0.3 is 6.18 Å². The van der Waals surface area contributed by atoms with Crippen molar-refractivity contribution >= 4 is 51.4 Å². The average molecular weight is 551 g/mol. The fraction of sp³-hybridized carbons (Fsp3) is 0.333. The molecule has 0 bridgehead atoms. The number of alkyl halides is 3. The number of rotatable bonds is 7. The van der Waals surface area contributed by atoms with E-state index in [1.165, 1.54) is 30.3 Å². The van der Waals surface area contributed by atoms with Gasteiger partial charge in [0.2, 0.25) is 11.9 Å². The molecule has 1 unspecified atom stereocenters. The third-order valence-corrected chi connectivity index (χ3v) is 7.62. The van der Waals surface area contributed by atoms with Crippen molar-refractivity contribution in [3.05, 3.63) is 47.0 Å². The minimum absolute atomic E-state index is 0. The van der Waals surface area contributed by atoms with Gasteiger partial charge in [0, 0.05) is 17.3 Å². The molecule has 35 heavy (non-hydrogen) atoms. The van der Waals surface area contributed by atoms with E-state index in [1.54, 1.807) is 0 Å². The molecular weight excluding hydrogens is 528 g/mol. The molecule has 0 radical (unpaired) electrons. The zero-order valence-electron chi connectivity index (χ0n) is 18.2. The molecule has 2 heterocycles. The maximum absolute atomic E-state index is 13.9. The van der Waals surface area contributed by atoms with Gasteiger partial charge in [-0.25, -0.2) is 13.5 Å². The molecular formula is C21H23Cl2F3N6O2S. The number of nitrogens with two attached hydrogens (primary N) is 1. The first-order valence-corrected chi connectivity index (χ1v) is 12.5. The molecule has 8 nitrogen and oxygen atoms in total. The molecule has 190 valence electrons. The molecule has 1 aromatic heterocycles. The summed E-state index contributed by atoms with van der Waals surface area (Å²) in [4.78, 5) is 3.85. The van der Waals surface area contributed by atoms with Crippen LogP contribution in [0.25, 0.3) is 11.1 Å². The molecule has 0 spiro atoms. The molecule has 14 heteroatoms. The Morgan fingerprint density at radius 1 is 1.20 bits per heavy atom. The number of H-pyrrole nitrogens is 1. The Labute approximate surface area is 211 Å². The minimum atomic E-state index is -4.73. The van der Waals surface area contributed by atoms with Crippen LogP contribution in [0, 0.1) is 0 Å². The maximum atomic E-state index is 13.9. The number of aromatic amines is 1. The van der Waals surface area contributed by atoms with Gasteiger partial charge in [-0.1, -0.05) is 23.7 Å². The lowest BCUT2D eigenvalue weighted by atomic mass is 9.98. The average Bonchev–Trinajstić information content (AvgIpc) is 3.43. The van der Waals surface area contributed by atoms with Crippen LogP contribution >= 0.6 is 24.0 Å². The normalized spacial score (nSPS) is 16.2. The second-order valence-corrected chi connectivity index (χ2v) is 10.5. The largest absolute Gasteiger partial charge is 0.417 e. The topological polar surface area (TPSA) is 126 Å². The van der Waals surface area contributed by atoms with Gasteiger partial charge < -0.3 is 16.4 Å². The Hall–Kier alpha value is -2.54. The van der Waals surface area contributed by atoms with Crippen molar-refractivity contribution in [3.63, 3.8) is 0 Å². The Balaban J connectivity index is 0.00000342. The summed E-state index contributed by atoms with van der Waals surface area (Å²) in [6.45, 7) is 0.877. The molecule has 0 saturated carbocycles. The number of sulfone groups is 1. The highest BCUT2D eigenvalue weighted by Crippen LogP contribution is 2.43. The zero-order valence-corrected chi connectivity index (χ0v) is 20.6. The molecule has 5 N–H and O–H groups in total. The SMILES string of the molecule is Cl.Nc1nc(Nc2cc(Cl)c(-c3ccc(S(=O)(=O)CCC4CCCN4)cc3)c(C(F)(F)F)c2)n[nH]1. The van der Waals surface area contributed by atoms with Crippen molar-refractivity contribution < 1.29 is 21.6 Å². The van der Waals surface area contributed by atoms with E-state index in [1.807, 2.05) is 0 Å². The Morgan fingerprint density at radius 2 is 1.91 bits per heavy atom. The van der Waals surface area contributed by atoms with E-state index in [0.29, 0.717) is 6.42 Å². The molecule has 1 atom stereocenters. The number of benzene rings is 2. The molecule has 0 aliphatic carbocycles. The molecule has 1 fully saturated rings. The standard InChI is InChI=1S/C21H22ClF3N6O2S.ClH/c22-17-11-14(28-20-29-19(26)30-31-20)10-16(21(23,24)25)18(17)12-3-5-15(6-4-12)34(32,33)9-7-13-2-1-8-27-13;/h3-6,10-11,13,27H,1-2,7-9H2,(H4,26,28,29,30,31);1H. The number of hydrogen-bond acceptors (Lipinski definition) is 7. The lowest BCUT2D eigenvalue weighted by Crippen LogP contribution is -2.24. The van der Waals surface area contributed by atoms with E-state index in [-0.39, 0.29) is 62.8 Å². The molecule has 1 aliphatic rings. The predicted molar refractivity (Wildman–Crippen MR) is 131 cm³/mol. The fourth-order valence-electron chi connectivity index (χ4n) is 3.90. The summed E-state index contributed by atoms with van der Waals surface area (Å²) in [7, 11) is -3.57. The summed E-state index contributed by atoms with van der Waals surface area (Å²) < 4.78 is 67.1. The van der Waals surface area contributed by atoms with Crippen molar-refractivity contribution in [2.24, 2.45) is 0 Å². The van der Waals surface area contributed by atoms with Gasteiger partial charge in [0.05, 0.1) is 21.2 Å². The van der Waals surface area contributed by atoms with Gasteiger partial charge in [-0.05, 0) is 55.6 Å². The maximum Gasteiger partial charge on any atom is 0.417 e. The summed E-state index contributed by atoms with van der Waals surface area (Å²) in [5.41, 5.74) is 4.34. The summed E-state index contributed by atoms with van der Waals surface area (Å²) in [5, 5.41) is 11.8. The van der Waals surface area contributed by atoms with E-state index < -0.39 is 21.6 Å². The van der Waals surface area contributed by atoms with Crippen LogP contribution in [-0.4, -0.2) is 41.9 Å². The highest BCUT2D eigenvalue weighted by Gasteiger charge is 2.35. The van der Waals surface area contributed by atoms with Gasteiger partial charge in [-0.2, -0.15) is 18.2 Å². The van der Waals surface area contributed by atoms with Gasteiger partial charge in [0.15, 0.2) is 9.84 Å². The predicted octanol–water partition coefficient (Wildman–Crippen LogP) is 4.81. The summed E-state index contributed by atoms with van der Waals surface area (Å²) >= 11 is 6.26. The monoisotopic (exact) mass is 550 g/mol. The third kappa shape index (κ3) is 6.37. The number of nitrogens with zero attached hydrogens (tertiary/aromatic N) is 2. The van der Waals surface area contributed by atoms with Crippen LogP contribution in [0.1, 0.15) is 24.8 Å². The Morgan fingerprint density at radius 3 is 2.49 bits per heavy atom. The highest BCUT2D eigenvalue weighted by molar-refractivity contribution is 7.91. The summed E-state index contributed by atoms with van der Waals surface area (Å²) in [5.74, 6) is -0.0578. The molecule has 2 aromatic carbocycles. The van der Waals surface area contributed by atoms with Crippen molar-refractivity contribution in [1.82, 2.24) is 20.5 Å². The highest BCUT2D eigenvalue weighted by atomic mass is 35.5. The van der Waals surface area contributed by atoms with Crippen molar-refractivity contribution in [2.45, 2.75) is 36.4 Å². The summed E-state index contributed by atoms with van der Waals surface area (Å²) in [6.07, 6.45) is -2.29. The zero-order chi connectivity index (χ0) is 24.5. The van der Waals surface area contributed by atoms with E-state index in [0.717, 1.165) is 25.5 Å². The molecule has 3 aromatic rings. The minimum Gasteiger partial charge on any atom is -0.368 e. The van der Waals surface area contributed by atoms with E-state index in [9.17, 15) is 21.6 Å². The van der Waals surface area contributed by atoms with Crippen LogP contribution in [0.5, 0.6) is 0 Å². The van der Waals surface area contributed by atoms with Crippen LogP contribution in [0.3, 0.4) is 0 Å². The van der Waals surface area contributed by atoms with Crippen LogP contribution in [0.15, 0.2) is 41.3 Å². The second kappa shape index (κ2) is 10.6. The van der Waals surface area contributed by atoms with Crippen LogP contribution in [0.4, 0.5) is 30.8 Å². The van der Waals surface area contributed by atoms with Crippen molar-refractivity contribution in [2.75, 3.05) is 23.3 Å². The quantitative estimate of drug-likeness (QED) is 0.332. The first-order valence-electron chi connectivity index (χ1n) is 10.4. The smallest absolute Gasteiger partial charge is 0.368 e. The molecule has 4 rings (SSSR count). The number of nitrogen functional groups attached to an aromatic ring is 1. The van der Waals surface area contributed by atoms with Gasteiger partial charge in [0.1, 0.15) is 0 Å². The third-order valence-electron chi connectivity index (χ3n) is 5.55. The van der Waals surface area contributed by atoms with Crippen LogP contribution < -0.4 is 16.4 Å². The van der Waals surface area contributed by atoms with Gasteiger partial charge in [0.25, 0.3) is 0 Å². The first kappa shape index (κ1) is 27.1. The van der Waals surface area contributed by atoms with Crippen molar-refractivity contribution in [1.29, 1.82) is 0 Å². The summed E-state index contributed by atoms with van der Waals surface area (Å²) in [6, 6.07) is 7.64. The van der Waals surface area contributed by atoms with Gasteiger partial charge in [-0.3, -0.25) is 0 Å². The second-order valence-electron chi connectivity index (χ2n) is 7.97. The van der Waals surface area contributed by atoms with E-state index in [4.69, 9.17) is 17.3 Å². The van der Waals surface area contributed by atoms with E-state index >= 15 is 0 Å². The number of nitrogens with one attached hydrogen (secondary N) is 3. The van der Waals surface area contributed by atoms with Gasteiger partial charge in [-0.15, -0.1) is 17.5 Å². The Kier molecular flexibility index (Phi) is 8.20. The number of hydrogen-bond donors (Lipinski definition) is 4. The van der Waals surface area contributed by atoms with Crippen molar-refractivity contribution in [3.8, 4) is 11.1 Å². The lowest BCUT2D eigenvalue weighted by molar-refractivity contribution is -0.137. The first-order chi connectivity index (χ1) is 16.0. The molecule has 1 saturated heterocycles. The Bertz CT molecular complexity index is 1280. The van der Waals surface area contributed by atoms with E-state index in [2.05, 4.69) is 25.8 Å². The fourth-order valence-corrected chi connectivity index (χ4v) is 5.61. The molecule has 1 aliphatic heterocycles. The number of anilines is 3. The van der Waals surface area contributed by atoms with Crippen LogP contribution in [-0.2, 0) is 16.0 Å². The lowest BCUT2D eigenvalue weighted by Gasteiger charge is -2.17.